The van der Waals surface area contributed by atoms with Gasteiger partial charge in [0.15, 0.2) is 0 Å². The standard InChI is InChI=1S/C24H40O/c1-3-4-7-10-21-12-16-23(17-13-21)24-18-14-22(15-19-24)11-8-5-6-9-20-25-2/h14-15,18-19,21,23H,3-13,16-17,20H2,1-2H3. The van der Waals surface area contributed by atoms with Crippen LogP contribution >= 0.6 is 0 Å². The maximum atomic E-state index is 5.11. The monoisotopic (exact) mass is 344 g/mol. The van der Waals surface area contributed by atoms with Crippen LogP contribution in [-0.2, 0) is 11.2 Å². The molecule has 0 heterocycles. The molecule has 0 spiro atoms. The highest BCUT2D eigenvalue weighted by molar-refractivity contribution is 5.25. The van der Waals surface area contributed by atoms with Gasteiger partial charge in [-0.2, -0.15) is 0 Å². The largest absolute Gasteiger partial charge is 0.385 e. The lowest BCUT2D eigenvalue weighted by atomic mass is 9.77. The van der Waals surface area contributed by atoms with Crippen molar-refractivity contribution >= 4 is 0 Å². The number of hydrogen-bond donors (Lipinski definition) is 0. The number of unbranched alkanes of at least 4 members (excludes halogenated alkanes) is 5. The van der Waals surface area contributed by atoms with E-state index in [1.54, 1.807) is 12.7 Å². The average molecular weight is 345 g/mol. The van der Waals surface area contributed by atoms with E-state index in [1.807, 2.05) is 0 Å². The van der Waals surface area contributed by atoms with Crippen molar-refractivity contribution in [3.05, 3.63) is 35.4 Å². The zero-order chi connectivity index (χ0) is 17.7. The minimum absolute atomic E-state index is 0.825. The Morgan fingerprint density at radius 3 is 2.24 bits per heavy atom. The summed E-state index contributed by atoms with van der Waals surface area (Å²) in [6.45, 7) is 3.22. The fraction of sp³-hybridized carbons (Fsp3) is 0.750. The first-order valence-corrected chi connectivity index (χ1v) is 10.9. The van der Waals surface area contributed by atoms with Gasteiger partial charge < -0.3 is 4.74 Å². The molecular weight excluding hydrogens is 304 g/mol. The Morgan fingerprint density at radius 1 is 0.840 bits per heavy atom. The van der Waals surface area contributed by atoms with Gasteiger partial charge in [0.2, 0.25) is 0 Å². The molecule has 1 saturated carbocycles. The molecule has 1 fully saturated rings. The summed E-state index contributed by atoms with van der Waals surface area (Å²) < 4.78 is 5.11. The van der Waals surface area contributed by atoms with Gasteiger partial charge in [-0.25, -0.2) is 0 Å². The number of benzene rings is 1. The quantitative estimate of drug-likeness (QED) is 0.362. The van der Waals surface area contributed by atoms with Crippen molar-refractivity contribution in [1.82, 2.24) is 0 Å². The van der Waals surface area contributed by atoms with E-state index in [0.717, 1.165) is 18.4 Å². The first-order chi connectivity index (χ1) is 12.3. The molecule has 0 saturated heterocycles. The summed E-state index contributed by atoms with van der Waals surface area (Å²) >= 11 is 0. The van der Waals surface area contributed by atoms with E-state index in [4.69, 9.17) is 4.74 Å². The highest BCUT2D eigenvalue weighted by Crippen LogP contribution is 2.37. The lowest BCUT2D eigenvalue weighted by Gasteiger charge is -2.29. The second-order valence-electron chi connectivity index (χ2n) is 8.11. The Bertz CT molecular complexity index is 428. The van der Waals surface area contributed by atoms with Crippen molar-refractivity contribution < 1.29 is 4.74 Å². The van der Waals surface area contributed by atoms with Gasteiger partial charge in [0.1, 0.15) is 0 Å². The average Bonchev–Trinajstić information content (AvgIpc) is 2.66. The van der Waals surface area contributed by atoms with E-state index in [-0.39, 0.29) is 0 Å². The molecule has 0 aromatic heterocycles. The molecule has 0 N–H and O–H groups in total. The first kappa shape index (κ1) is 20.5. The summed E-state index contributed by atoms with van der Waals surface area (Å²) in [6, 6.07) is 9.61. The van der Waals surface area contributed by atoms with Crippen molar-refractivity contribution in [2.45, 2.75) is 96.3 Å². The maximum Gasteiger partial charge on any atom is 0.0462 e. The van der Waals surface area contributed by atoms with Crippen LogP contribution in [0.1, 0.15) is 101 Å². The molecule has 1 nitrogen and oxygen atoms in total. The summed E-state index contributed by atoms with van der Waals surface area (Å²) in [4.78, 5) is 0. The Morgan fingerprint density at radius 2 is 1.56 bits per heavy atom. The number of aryl methyl sites for hydroxylation is 1. The van der Waals surface area contributed by atoms with E-state index in [9.17, 15) is 0 Å². The summed E-state index contributed by atoms with van der Waals surface area (Å²) in [5.41, 5.74) is 3.11. The maximum absolute atomic E-state index is 5.11. The van der Waals surface area contributed by atoms with Gasteiger partial charge in [0.05, 0.1) is 0 Å². The van der Waals surface area contributed by atoms with Gasteiger partial charge in [0, 0.05) is 13.7 Å². The third-order valence-electron chi connectivity index (χ3n) is 6.08. The Hall–Kier alpha value is -0.820. The Balaban J connectivity index is 1.65. The molecule has 2 rings (SSSR count). The van der Waals surface area contributed by atoms with Crippen LogP contribution in [0.4, 0.5) is 0 Å². The van der Waals surface area contributed by atoms with E-state index in [0.29, 0.717) is 0 Å². The molecule has 0 aliphatic heterocycles. The zero-order valence-electron chi connectivity index (χ0n) is 16.8. The van der Waals surface area contributed by atoms with Crippen LogP contribution in [-0.4, -0.2) is 13.7 Å². The molecule has 25 heavy (non-hydrogen) atoms. The molecule has 1 aliphatic carbocycles. The molecular formula is C24H40O. The number of ether oxygens (including phenoxy) is 1. The van der Waals surface area contributed by atoms with Gasteiger partial charge in [0.25, 0.3) is 0 Å². The highest BCUT2D eigenvalue weighted by Gasteiger charge is 2.21. The lowest BCUT2D eigenvalue weighted by Crippen LogP contribution is -2.13. The number of methoxy groups -OCH3 is 1. The van der Waals surface area contributed by atoms with Crippen LogP contribution in [0, 0.1) is 5.92 Å². The van der Waals surface area contributed by atoms with E-state index in [1.165, 1.54) is 89.0 Å². The highest BCUT2D eigenvalue weighted by atomic mass is 16.5. The molecule has 1 aliphatic rings. The smallest absolute Gasteiger partial charge is 0.0462 e. The van der Waals surface area contributed by atoms with E-state index in [2.05, 4.69) is 31.2 Å². The van der Waals surface area contributed by atoms with Gasteiger partial charge in [-0.3, -0.25) is 0 Å². The van der Waals surface area contributed by atoms with Crippen LogP contribution in [0.3, 0.4) is 0 Å². The zero-order valence-corrected chi connectivity index (χ0v) is 16.8. The number of hydrogen-bond acceptors (Lipinski definition) is 1. The van der Waals surface area contributed by atoms with Crippen LogP contribution in [0.25, 0.3) is 0 Å². The molecule has 0 amide bonds. The molecule has 0 bridgehead atoms. The summed E-state index contributed by atoms with van der Waals surface area (Å²) in [5, 5.41) is 0. The molecule has 142 valence electrons. The molecule has 0 atom stereocenters. The fourth-order valence-electron chi connectivity index (χ4n) is 4.35. The van der Waals surface area contributed by atoms with Crippen molar-refractivity contribution in [3.63, 3.8) is 0 Å². The van der Waals surface area contributed by atoms with E-state index >= 15 is 0 Å². The van der Waals surface area contributed by atoms with Crippen molar-refractivity contribution in [1.29, 1.82) is 0 Å². The first-order valence-electron chi connectivity index (χ1n) is 10.9. The Kier molecular flexibility index (Phi) is 10.3. The second kappa shape index (κ2) is 12.5. The van der Waals surface area contributed by atoms with Gasteiger partial charge in [-0.1, -0.05) is 69.7 Å². The third-order valence-corrected chi connectivity index (χ3v) is 6.08. The topological polar surface area (TPSA) is 9.23 Å². The minimum atomic E-state index is 0.825. The predicted molar refractivity (Wildman–Crippen MR) is 109 cm³/mol. The van der Waals surface area contributed by atoms with Crippen molar-refractivity contribution in [2.75, 3.05) is 13.7 Å². The van der Waals surface area contributed by atoms with Gasteiger partial charge in [-0.15, -0.1) is 0 Å². The van der Waals surface area contributed by atoms with Gasteiger partial charge >= 0.3 is 0 Å². The van der Waals surface area contributed by atoms with Gasteiger partial charge in [-0.05, 0) is 67.9 Å². The SMILES string of the molecule is CCCCCC1CCC(c2ccc(CCCCCCOC)cc2)CC1. The number of rotatable bonds is 12. The van der Waals surface area contributed by atoms with E-state index < -0.39 is 0 Å². The normalized spacial score (nSPS) is 20.7. The predicted octanol–water partition coefficient (Wildman–Crippen LogP) is 7.29. The van der Waals surface area contributed by atoms with Crippen LogP contribution in [0.2, 0.25) is 0 Å². The molecule has 1 aromatic carbocycles. The summed E-state index contributed by atoms with van der Waals surface area (Å²) in [7, 11) is 1.79. The molecule has 0 unspecified atom stereocenters. The summed E-state index contributed by atoms with van der Waals surface area (Å²) in [5.74, 6) is 1.84. The van der Waals surface area contributed by atoms with Crippen LogP contribution in [0.15, 0.2) is 24.3 Å². The third kappa shape index (κ3) is 7.94. The van der Waals surface area contributed by atoms with Crippen molar-refractivity contribution in [3.8, 4) is 0 Å². The Labute approximate surface area is 156 Å². The summed E-state index contributed by atoms with van der Waals surface area (Å²) in [6.07, 6.45) is 17.8. The second-order valence-corrected chi connectivity index (χ2v) is 8.11. The molecule has 0 radical (unpaired) electrons. The molecule has 1 aromatic rings. The van der Waals surface area contributed by atoms with Crippen molar-refractivity contribution in [2.24, 2.45) is 5.92 Å². The molecule has 1 heteroatoms. The lowest BCUT2D eigenvalue weighted by molar-refractivity contribution is 0.192. The van der Waals surface area contributed by atoms with Crippen LogP contribution < -0.4 is 0 Å². The fourth-order valence-corrected chi connectivity index (χ4v) is 4.35. The minimum Gasteiger partial charge on any atom is -0.385 e. The van der Waals surface area contributed by atoms with Crippen LogP contribution in [0.5, 0.6) is 0 Å².